The fraction of sp³-hybridized carbons (Fsp3) is 0.231. The lowest BCUT2D eigenvalue weighted by atomic mass is 10.0. The first-order valence-electron chi connectivity index (χ1n) is 5.36. The first-order valence-corrected chi connectivity index (χ1v) is 6.24. The van der Waals surface area contributed by atoms with Gasteiger partial charge in [-0.1, -0.05) is 17.7 Å². The van der Waals surface area contributed by atoms with Crippen molar-refractivity contribution in [2.24, 2.45) is 5.73 Å². The van der Waals surface area contributed by atoms with E-state index in [-0.39, 0.29) is 12.3 Å². The van der Waals surface area contributed by atoms with Crippen molar-refractivity contribution < 1.29 is 4.79 Å². The molecule has 0 saturated carbocycles. The molecule has 1 aromatic carbocycles. The van der Waals surface area contributed by atoms with Gasteiger partial charge in [0.2, 0.25) is 5.91 Å². The summed E-state index contributed by atoms with van der Waals surface area (Å²) in [6, 6.07) is 6.27. The highest BCUT2D eigenvalue weighted by Gasteiger charge is 2.08. The first kappa shape index (κ1) is 11.8. The van der Waals surface area contributed by atoms with Gasteiger partial charge in [-0.25, -0.2) is 4.98 Å². The van der Waals surface area contributed by atoms with Gasteiger partial charge in [0.25, 0.3) is 0 Å². The minimum absolute atomic E-state index is 0.218. The van der Waals surface area contributed by atoms with Crippen molar-refractivity contribution in [2.45, 2.75) is 20.3 Å². The number of hydrogen-bond donors (Lipinski definition) is 1. The summed E-state index contributed by atoms with van der Waals surface area (Å²) in [6.45, 7) is 4.11. The van der Waals surface area contributed by atoms with Crippen molar-refractivity contribution >= 4 is 17.2 Å². The predicted molar refractivity (Wildman–Crippen MR) is 69.9 cm³/mol. The summed E-state index contributed by atoms with van der Waals surface area (Å²) in [5, 5.41) is 2.74. The maximum absolute atomic E-state index is 10.8. The molecule has 2 N–H and O–H groups in total. The molecule has 0 spiro atoms. The number of aryl methyl sites for hydroxylation is 2. The lowest BCUT2D eigenvalue weighted by Crippen LogP contribution is -2.13. The molecule has 88 valence electrons. The number of hydrogen-bond acceptors (Lipinski definition) is 3. The fourth-order valence-electron chi connectivity index (χ4n) is 1.68. The summed E-state index contributed by atoms with van der Waals surface area (Å²) in [7, 11) is 0. The molecule has 2 aromatic rings. The summed E-state index contributed by atoms with van der Waals surface area (Å²) in [4.78, 5) is 15.3. The zero-order valence-corrected chi connectivity index (χ0v) is 10.7. The average molecular weight is 246 g/mol. The van der Waals surface area contributed by atoms with Crippen LogP contribution in [0.25, 0.3) is 11.3 Å². The molecule has 0 fully saturated rings. The van der Waals surface area contributed by atoms with E-state index in [0.29, 0.717) is 0 Å². The van der Waals surface area contributed by atoms with Crippen LogP contribution in [-0.2, 0) is 11.2 Å². The molecule has 0 aliphatic carbocycles. The Morgan fingerprint density at radius 2 is 2.18 bits per heavy atom. The number of primary amides is 1. The first-order chi connectivity index (χ1) is 8.06. The van der Waals surface area contributed by atoms with Crippen molar-refractivity contribution in [3.8, 4) is 11.3 Å². The zero-order valence-electron chi connectivity index (χ0n) is 9.86. The van der Waals surface area contributed by atoms with Gasteiger partial charge in [-0.3, -0.25) is 4.79 Å². The molecule has 2 rings (SSSR count). The molecule has 0 radical (unpaired) electrons. The van der Waals surface area contributed by atoms with E-state index in [4.69, 9.17) is 5.73 Å². The summed E-state index contributed by atoms with van der Waals surface area (Å²) < 4.78 is 0. The third kappa shape index (κ3) is 2.71. The number of carbonyl (C=O) groups is 1. The van der Waals surface area contributed by atoms with E-state index in [9.17, 15) is 4.79 Å². The molecule has 1 amide bonds. The molecular formula is C13H14N2OS. The van der Waals surface area contributed by atoms with Gasteiger partial charge in [-0.15, -0.1) is 11.3 Å². The van der Waals surface area contributed by atoms with E-state index in [1.807, 2.05) is 5.38 Å². The van der Waals surface area contributed by atoms with Crippen LogP contribution in [0.4, 0.5) is 0 Å². The van der Waals surface area contributed by atoms with Crippen LogP contribution < -0.4 is 5.73 Å². The molecule has 3 nitrogen and oxygen atoms in total. The average Bonchev–Trinajstić information content (AvgIpc) is 2.69. The van der Waals surface area contributed by atoms with Crippen molar-refractivity contribution in [3.05, 3.63) is 39.7 Å². The van der Waals surface area contributed by atoms with Gasteiger partial charge in [0.05, 0.1) is 12.1 Å². The number of benzene rings is 1. The summed E-state index contributed by atoms with van der Waals surface area (Å²) in [5.41, 5.74) is 9.59. The largest absolute Gasteiger partial charge is 0.369 e. The van der Waals surface area contributed by atoms with Gasteiger partial charge in [0, 0.05) is 10.9 Å². The van der Waals surface area contributed by atoms with Gasteiger partial charge in [-0.05, 0) is 25.5 Å². The smallest absolute Gasteiger partial charge is 0.224 e. The number of thiazole rings is 1. The van der Waals surface area contributed by atoms with Crippen LogP contribution in [0.15, 0.2) is 23.6 Å². The highest BCUT2D eigenvalue weighted by atomic mass is 32.1. The minimum Gasteiger partial charge on any atom is -0.369 e. The Bertz CT molecular complexity index is 560. The molecule has 0 aliphatic heterocycles. The standard InChI is InChI=1S/C13H14N2OS/c1-8-3-4-9(2)10(5-8)11-7-17-13(15-11)6-12(14)16/h3-5,7H,6H2,1-2H3,(H2,14,16). The monoisotopic (exact) mass is 246 g/mol. The van der Waals surface area contributed by atoms with Crippen molar-refractivity contribution in [1.29, 1.82) is 0 Å². The Kier molecular flexibility index (Phi) is 3.24. The van der Waals surface area contributed by atoms with Gasteiger partial charge in [0.15, 0.2) is 0 Å². The molecule has 17 heavy (non-hydrogen) atoms. The van der Waals surface area contributed by atoms with Crippen LogP contribution in [-0.4, -0.2) is 10.9 Å². The second kappa shape index (κ2) is 4.67. The molecule has 0 unspecified atom stereocenters. The Balaban J connectivity index is 2.36. The summed E-state index contributed by atoms with van der Waals surface area (Å²) in [6.07, 6.45) is 0.218. The molecular weight excluding hydrogens is 232 g/mol. The van der Waals surface area contributed by atoms with Crippen LogP contribution in [0, 0.1) is 13.8 Å². The van der Waals surface area contributed by atoms with E-state index < -0.39 is 0 Å². The summed E-state index contributed by atoms with van der Waals surface area (Å²) in [5.74, 6) is -0.341. The third-order valence-electron chi connectivity index (χ3n) is 2.55. The van der Waals surface area contributed by atoms with Crippen molar-refractivity contribution in [1.82, 2.24) is 4.98 Å². The number of nitrogens with two attached hydrogens (primary N) is 1. The lowest BCUT2D eigenvalue weighted by molar-refractivity contribution is -0.117. The zero-order chi connectivity index (χ0) is 12.4. The number of amides is 1. The van der Waals surface area contributed by atoms with Crippen molar-refractivity contribution in [3.63, 3.8) is 0 Å². The van der Waals surface area contributed by atoms with E-state index in [1.165, 1.54) is 22.5 Å². The van der Waals surface area contributed by atoms with E-state index in [0.717, 1.165) is 16.3 Å². The highest BCUT2D eigenvalue weighted by molar-refractivity contribution is 7.10. The van der Waals surface area contributed by atoms with Gasteiger partial charge in [-0.2, -0.15) is 0 Å². The third-order valence-corrected chi connectivity index (χ3v) is 3.40. The molecule has 0 atom stereocenters. The Labute approximate surface area is 104 Å². The molecule has 0 bridgehead atoms. The Morgan fingerprint density at radius 3 is 2.88 bits per heavy atom. The van der Waals surface area contributed by atoms with Gasteiger partial charge < -0.3 is 5.73 Å². The quantitative estimate of drug-likeness (QED) is 0.904. The second-order valence-electron chi connectivity index (χ2n) is 4.09. The minimum atomic E-state index is -0.341. The number of aromatic nitrogens is 1. The maximum Gasteiger partial charge on any atom is 0.224 e. The van der Waals surface area contributed by atoms with Crippen molar-refractivity contribution in [2.75, 3.05) is 0 Å². The molecule has 4 heteroatoms. The normalized spacial score (nSPS) is 10.5. The number of carbonyl (C=O) groups excluding carboxylic acids is 1. The van der Waals surface area contributed by atoms with Crippen LogP contribution in [0.3, 0.4) is 0 Å². The van der Waals surface area contributed by atoms with E-state index in [2.05, 4.69) is 37.0 Å². The number of nitrogens with zero attached hydrogens (tertiary/aromatic N) is 1. The Morgan fingerprint density at radius 1 is 1.41 bits per heavy atom. The molecule has 1 aromatic heterocycles. The molecule has 0 aliphatic rings. The van der Waals surface area contributed by atoms with Crippen LogP contribution >= 0.6 is 11.3 Å². The van der Waals surface area contributed by atoms with E-state index >= 15 is 0 Å². The van der Waals surface area contributed by atoms with Crippen LogP contribution in [0.1, 0.15) is 16.1 Å². The van der Waals surface area contributed by atoms with Gasteiger partial charge in [0.1, 0.15) is 5.01 Å². The molecule has 0 saturated heterocycles. The highest BCUT2D eigenvalue weighted by Crippen LogP contribution is 2.26. The second-order valence-corrected chi connectivity index (χ2v) is 5.03. The van der Waals surface area contributed by atoms with E-state index in [1.54, 1.807) is 0 Å². The number of rotatable bonds is 3. The molecule has 1 heterocycles. The SMILES string of the molecule is Cc1ccc(C)c(-c2csc(CC(N)=O)n2)c1. The van der Waals surface area contributed by atoms with Crippen LogP contribution in [0.2, 0.25) is 0 Å². The van der Waals surface area contributed by atoms with Crippen LogP contribution in [0.5, 0.6) is 0 Å². The lowest BCUT2D eigenvalue weighted by Gasteiger charge is -2.03. The Hall–Kier alpha value is -1.68. The summed E-state index contributed by atoms with van der Waals surface area (Å²) >= 11 is 1.48. The predicted octanol–water partition coefficient (Wildman–Crippen LogP) is 2.45. The van der Waals surface area contributed by atoms with Gasteiger partial charge >= 0.3 is 0 Å². The fourth-order valence-corrected chi connectivity index (χ4v) is 2.48. The maximum atomic E-state index is 10.8. The topological polar surface area (TPSA) is 56.0 Å².